The summed E-state index contributed by atoms with van der Waals surface area (Å²) in [6, 6.07) is 24.6. The summed E-state index contributed by atoms with van der Waals surface area (Å²) in [5.74, 6) is -0.505. The predicted octanol–water partition coefficient (Wildman–Crippen LogP) is 7.72. The van der Waals surface area contributed by atoms with Gasteiger partial charge in [-0.2, -0.15) is 0 Å². The summed E-state index contributed by atoms with van der Waals surface area (Å²) in [5, 5.41) is 8.69. The van der Waals surface area contributed by atoms with E-state index in [1.54, 1.807) is 13.0 Å². The van der Waals surface area contributed by atoms with Gasteiger partial charge >= 0.3 is 11.9 Å². The van der Waals surface area contributed by atoms with Gasteiger partial charge in [0.15, 0.2) is 5.69 Å². The van der Waals surface area contributed by atoms with Crippen molar-refractivity contribution >= 4 is 58.3 Å². The van der Waals surface area contributed by atoms with Crippen LogP contribution in [0, 0.1) is 6.92 Å². The smallest absolute Gasteiger partial charge is 0.359 e. The number of alkyl halides is 3. The lowest BCUT2D eigenvalue weighted by molar-refractivity contribution is 0.0504. The van der Waals surface area contributed by atoms with Crippen LogP contribution in [0.2, 0.25) is 5.02 Å². The number of nitrogens with one attached hydrogen (secondary N) is 1. The van der Waals surface area contributed by atoms with E-state index in [-0.39, 0.29) is 11.4 Å². The van der Waals surface area contributed by atoms with Crippen molar-refractivity contribution in [1.82, 2.24) is 19.5 Å². The Balaban J connectivity index is 0.000000458. The van der Waals surface area contributed by atoms with Gasteiger partial charge in [-0.1, -0.05) is 88.9 Å². The number of carbonyl (C=O) groups excluding carboxylic acids is 1. The van der Waals surface area contributed by atoms with E-state index < -0.39 is 22.3 Å². The van der Waals surface area contributed by atoms with Crippen molar-refractivity contribution in [3.63, 3.8) is 0 Å². The monoisotopic (exact) mass is 660 g/mol. The van der Waals surface area contributed by atoms with Crippen molar-refractivity contribution in [1.29, 1.82) is 0 Å². The minimum Gasteiger partial charge on any atom is -0.489 e. The molecule has 0 aliphatic heterocycles. The number of hydrogen-bond acceptors (Lipinski definition) is 6. The Labute approximate surface area is 266 Å². The van der Waals surface area contributed by atoms with E-state index >= 15 is 0 Å². The Kier molecular flexibility index (Phi) is 10.7. The zero-order valence-electron chi connectivity index (χ0n) is 22.5. The largest absolute Gasteiger partial charge is 0.489 e. The van der Waals surface area contributed by atoms with E-state index in [0.717, 1.165) is 11.3 Å². The number of H-pyrrole nitrogens is 1. The highest BCUT2D eigenvalue weighted by molar-refractivity contribution is 6.67. The molecule has 0 saturated heterocycles. The fourth-order valence-corrected chi connectivity index (χ4v) is 4.24. The third-order valence-corrected chi connectivity index (χ3v) is 6.51. The van der Waals surface area contributed by atoms with Crippen molar-refractivity contribution in [2.24, 2.45) is 0 Å². The molecule has 3 aromatic carbocycles. The lowest BCUT2D eigenvalue weighted by atomic mass is 10.2. The van der Waals surface area contributed by atoms with Gasteiger partial charge in [0.05, 0.1) is 23.2 Å². The van der Waals surface area contributed by atoms with Crippen LogP contribution in [0.5, 0.6) is 5.75 Å². The fourth-order valence-electron chi connectivity index (χ4n) is 3.85. The molecule has 9 nitrogen and oxygen atoms in total. The standard InChI is InChI=1S/C26H20Cl4N2O3.C4H4N2O2/c1-17-23(25(33)35-16-26(28,29)30)31-24(21-9-5-6-10-22(21)27)32(17)19-11-13-20(14-12-19)34-15-18-7-3-2-4-8-18;7-4(8)3-1-5-2-6-3/h2-14H,15-16H2,1H3;1-2H,(H,5,6)(H,7,8). The molecule has 0 aliphatic rings. The van der Waals surface area contributed by atoms with Gasteiger partial charge in [0.25, 0.3) is 0 Å². The summed E-state index contributed by atoms with van der Waals surface area (Å²) < 4.78 is 11.2. The second-order valence-electron chi connectivity index (χ2n) is 8.91. The number of carboxylic acid groups (broad SMARTS) is 1. The number of nitrogens with zero attached hydrogens (tertiary/aromatic N) is 3. The molecule has 2 heterocycles. The van der Waals surface area contributed by atoms with Crippen LogP contribution in [0.1, 0.15) is 32.2 Å². The normalized spacial score (nSPS) is 10.9. The van der Waals surface area contributed by atoms with Crippen molar-refractivity contribution in [3.05, 3.63) is 119 Å². The SMILES string of the molecule is Cc1c(C(=O)OCC(Cl)(Cl)Cl)nc(-c2ccccc2Cl)n1-c1ccc(OCc2ccccc2)cc1.O=C(O)c1cnc[nH]1. The first kappa shape index (κ1) is 31.9. The molecule has 0 saturated carbocycles. The van der Waals surface area contributed by atoms with Crippen LogP contribution >= 0.6 is 46.4 Å². The molecule has 0 bridgehead atoms. The van der Waals surface area contributed by atoms with Crippen LogP contribution in [0.25, 0.3) is 17.1 Å². The van der Waals surface area contributed by atoms with E-state index in [2.05, 4.69) is 15.0 Å². The third-order valence-electron chi connectivity index (χ3n) is 5.85. The summed E-state index contributed by atoms with van der Waals surface area (Å²) in [5.41, 5.74) is 3.25. The van der Waals surface area contributed by atoms with Gasteiger partial charge in [0.1, 0.15) is 30.5 Å². The van der Waals surface area contributed by atoms with Gasteiger partial charge in [0, 0.05) is 11.3 Å². The summed E-state index contributed by atoms with van der Waals surface area (Å²) in [6.45, 7) is 1.81. The Morgan fingerprint density at radius 1 is 0.977 bits per heavy atom. The van der Waals surface area contributed by atoms with Crippen LogP contribution in [0.4, 0.5) is 0 Å². The molecule has 43 heavy (non-hydrogen) atoms. The molecule has 0 atom stereocenters. The molecule has 2 N–H and O–H groups in total. The molecular formula is C30H24Cl4N4O5. The van der Waals surface area contributed by atoms with Crippen LogP contribution in [0.15, 0.2) is 91.4 Å². The van der Waals surface area contributed by atoms with Gasteiger partial charge in [-0.15, -0.1) is 0 Å². The number of aromatic nitrogens is 4. The van der Waals surface area contributed by atoms with Gasteiger partial charge in [-0.05, 0) is 48.9 Å². The number of aromatic carboxylic acids is 1. The Morgan fingerprint density at radius 3 is 2.23 bits per heavy atom. The molecule has 0 spiro atoms. The Bertz CT molecular complexity index is 1670. The van der Waals surface area contributed by atoms with Crippen LogP contribution in [-0.2, 0) is 11.3 Å². The Morgan fingerprint density at radius 2 is 1.65 bits per heavy atom. The van der Waals surface area contributed by atoms with Gasteiger partial charge in [-0.3, -0.25) is 4.57 Å². The highest BCUT2D eigenvalue weighted by Gasteiger charge is 2.27. The number of aromatic amines is 1. The quantitative estimate of drug-likeness (QED) is 0.129. The average molecular weight is 662 g/mol. The van der Waals surface area contributed by atoms with E-state index in [1.807, 2.05) is 77.4 Å². The van der Waals surface area contributed by atoms with Crippen LogP contribution < -0.4 is 4.74 Å². The molecule has 5 rings (SSSR count). The second-order valence-corrected chi connectivity index (χ2v) is 11.8. The van der Waals surface area contributed by atoms with Gasteiger partial charge in [0.2, 0.25) is 3.79 Å². The molecule has 2 aromatic heterocycles. The van der Waals surface area contributed by atoms with Crippen LogP contribution in [-0.4, -0.2) is 47.0 Å². The summed E-state index contributed by atoms with van der Waals surface area (Å²) >= 11 is 23.7. The van der Waals surface area contributed by atoms with E-state index in [0.29, 0.717) is 34.5 Å². The lowest BCUT2D eigenvalue weighted by Gasteiger charge is -2.13. The van der Waals surface area contributed by atoms with E-state index in [9.17, 15) is 9.59 Å². The average Bonchev–Trinajstić information content (AvgIpc) is 3.65. The maximum absolute atomic E-state index is 12.8. The maximum atomic E-state index is 12.8. The molecule has 0 unspecified atom stereocenters. The number of rotatable bonds is 8. The van der Waals surface area contributed by atoms with Crippen molar-refractivity contribution in [2.45, 2.75) is 17.3 Å². The lowest BCUT2D eigenvalue weighted by Crippen LogP contribution is -2.18. The molecule has 0 amide bonds. The highest BCUT2D eigenvalue weighted by atomic mass is 35.6. The number of hydrogen-bond donors (Lipinski definition) is 2. The number of ether oxygens (including phenoxy) is 2. The first-order valence-corrected chi connectivity index (χ1v) is 14.1. The third kappa shape index (κ3) is 8.75. The minimum atomic E-state index is -1.73. The summed E-state index contributed by atoms with van der Waals surface area (Å²) in [7, 11) is 0. The minimum absolute atomic E-state index is 0.0959. The molecule has 222 valence electrons. The van der Waals surface area contributed by atoms with Gasteiger partial charge < -0.3 is 19.6 Å². The van der Waals surface area contributed by atoms with Crippen molar-refractivity contribution in [2.75, 3.05) is 6.61 Å². The fraction of sp³-hybridized carbons (Fsp3) is 0.133. The van der Waals surface area contributed by atoms with Gasteiger partial charge in [-0.25, -0.2) is 19.6 Å². The van der Waals surface area contributed by atoms with Crippen molar-refractivity contribution in [3.8, 4) is 22.8 Å². The van der Waals surface area contributed by atoms with E-state index in [1.165, 1.54) is 12.5 Å². The predicted molar refractivity (Wildman–Crippen MR) is 166 cm³/mol. The number of carbonyl (C=O) groups is 2. The number of benzene rings is 3. The highest BCUT2D eigenvalue weighted by Crippen LogP contribution is 2.33. The molecule has 13 heteroatoms. The molecule has 5 aromatic rings. The molecule has 0 fully saturated rings. The zero-order chi connectivity index (χ0) is 31.0. The summed E-state index contributed by atoms with van der Waals surface area (Å²) in [6.07, 6.45) is 2.58. The van der Waals surface area contributed by atoms with Crippen molar-refractivity contribution < 1.29 is 24.2 Å². The first-order chi connectivity index (χ1) is 20.5. The zero-order valence-corrected chi connectivity index (χ0v) is 25.5. The van der Waals surface area contributed by atoms with Crippen LogP contribution in [0.3, 0.4) is 0 Å². The molecule has 0 radical (unpaired) electrons. The number of imidazole rings is 2. The number of esters is 1. The topological polar surface area (TPSA) is 119 Å². The second kappa shape index (κ2) is 14.4. The number of halogens is 4. The molecule has 0 aliphatic carbocycles. The number of carboxylic acids is 1. The Hall–Kier alpha value is -4.02. The van der Waals surface area contributed by atoms with E-state index in [4.69, 9.17) is 61.0 Å². The summed E-state index contributed by atoms with van der Waals surface area (Å²) in [4.78, 5) is 33.3. The molecular weight excluding hydrogens is 638 g/mol. The first-order valence-electron chi connectivity index (χ1n) is 12.6. The maximum Gasteiger partial charge on any atom is 0.359 e.